The standard InChI is InChI=1S/C26H39N3O3/c1-3-14-27-23-12-15-28(16-13-23)17-22-18-29(25(30)20-6-4-5-7-20)19-26(22,31)21-8-10-24(32-2)11-9-21/h3,8-11,20,22-23,27,31H,1,4-7,12-19H2,2H3/t22-,26-/m0/s1. The molecule has 1 aromatic carbocycles. The lowest BCUT2D eigenvalue weighted by Crippen LogP contribution is -2.47. The van der Waals surface area contributed by atoms with Gasteiger partial charge in [0.2, 0.25) is 5.91 Å². The number of aliphatic hydroxyl groups is 1. The van der Waals surface area contributed by atoms with Crippen molar-refractivity contribution in [1.82, 2.24) is 15.1 Å². The molecule has 0 bridgehead atoms. The lowest BCUT2D eigenvalue weighted by Gasteiger charge is -2.37. The van der Waals surface area contributed by atoms with Crippen LogP contribution in [0.1, 0.15) is 44.1 Å². The molecule has 6 heteroatoms. The number of ether oxygens (including phenoxy) is 1. The summed E-state index contributed by atoms with van der Waals surface area (Å²) in [6, 6.07) is 8.26. The van der Waals surface area contributed by atoms with Gasteiger partial charge in [0.05, 0.1) is 13.7 Å². The second-order valence-corrected chi connectivity index (χ2v) is 9.82. The molecule has 3 aliphatic rings. The van der Waals surface area contributed by atoms with E-state index in [2.05, 4.69) is 16.8 Å². The van der Waals surface area contributed by atoms with Gasteiger partial charge < -0.3 is 25.0 Å². The Hall–Kier alpha value is -1.89. The molecule has 1 aromatic rings. The quantitative estimate of drug-likeness (QED) is 0.608. The number of nitrogens with one attached hydrogen (secondary N) is 1. The van der Waals surface area contributed by atoms with Crippen LogP contribution in [0.4, 0.5) is 0 Å². The van der Waals surface area contributed by atoms with E-state index in [1.54, 1.807) is 7.11 Å². The summed E-state index contributed by atoms with van der Waals surface area (Å²) in [7, 11) is 1.65. The van der Waals surface area contributed by atoms with Gasteiger partial charge in [-0.3, -0.25) is 4.79 Å². The molecule has 0 unspecified atom stereocenters. The molecule has 0 aromatic heterocycles. The van der Waals surface area contributed by atoms with E-state index in [0.717, 1.165) is 76.0 Å². The molecule has 0 spiro atoms. The minimum Gasteiger partial charge on any atom is -0.497 e. The molecule has 0 radical (unpaired) electrons. The summed E-state index contributed by atoms with van der Waals surface area (Å²) in [6.45, 7) is 8.50. The van der Waals surface area contributed by atoms with Crippen LogP contribution in [0.2, 0.25) is 0 Å². The molecule has 1 saturated carbocycles. The highest BCUT2D eigenvalue weighted by atomic mass is 16.5. The van der Waals surface area contributed by atoms with Gasteiger partial charge in [-0.25, -0.2) is 0 Å². The molecule has 2 aliphatic heterocycles. The maximum Gasteiger partial charge on any atom is 0.225 e. The zero-order valence-electron chi connectivity index (χ0n) is 19.5. The van der Waals surface area contributed by atoms with Crippen LogP contribution in [0.25, 0.3) is 0 Å². The highest BCUT2D eigenvalue weighted by Crippen LogP contribution is 2.40. The topological polar surface area (TPSA) is 65.0 Å². The monoisotopic (exact) mass is 441 g/mol. The van der Waals surface area contributed by atoms with E-state index in [9.17, 15) is 9.90 Å². The first kappa shape index (κ1) is 23.3. The number of hydrogen-bond donors (Lipinski definition) is 2. The number of carbonyl (C=O) groups is 1. The molecule has 1 aliphatic carbocycles. The Kier molecular flexibility index (Phi) is 7.54. The molecule has 2 atom stereocenters. The van der Waals surface area contributed by atoms with Crippen molar-refractivity contribution in [1.29, 1.82) is 0 Å². The third kappa shape index (κ3) is 5.03. The molecular formula is C26H39N3O3. The van der Waals surface area contributed by atoms with Crippen molar-refractivity contribution in [3.05, 3.63) is 42.5 Å². The van der Waals surface area contributed by atoms with Crippen molar-refractivity contribution in [2.75, 3.05) is 46.4 Å². The Labute approximate surface area is 192 Å². The Morgan fingerprint density at radius 1 is 1.22 bits per heavy atom. The van der Waals surface area contributed by atoms with Crippen molar-refractivity contribution in [3.8, 4) is 5.75 Å². The molecule has 2 heterocycles. The third-order valence-electron chi connectivity index (χ3n) is 7.77. The van der Waals surface area contributed by atoms with E-state index < -0.39 is 5.60 Å². The number of benzene rings is 1. The number of nitrogens with zero attached hydrogens (tertiary/aromatic N) is 2. The first-order valence-corrected chi connectivity index (χ1v) is 12.3. The van der Waals surface area contributed by atoms with Gasteiger partial charge in [-0.2, -0.15) is 0 Å². The zero-order chi connectivity index (χ0) is 22.6. The smallest absolute Gasteiger partial charge is 0.225 e. The SMILES string of the molecule is C=CCNC1CCN(C[C@H]2CN(C(=O)C3CCCC3)C[C@]2(O)c2ccc(OC)cc2)CC1. The molecule has 2 N–H and O–H groups in total. The van der Waals surface area contributed by atoms with Crippen LogP contribution < -0.4 is 10.1 Å². The maximum atomic E-state index is 13.2. The number of amides is 1. The molecule has 3 fully saturated rings. The lowest BCUT2D eigenvalue weighted by molar-refractivity contribution is -0.135. The van der Waals surface area contributed by atoms with Crippen molar-refractivity contribution < 1.29 is 14.6 Å². The van der Waals surface area contributed by atoms with Crippen LogP contribution in [0.15, 0.2) is 36.9 Å². The first-order valence-electron chi connectivity index (χ1n) is 12.3. The summed E-state index contributed by atoms with van der Waals surface area (Å²) in [5.41, 5.74) is -0.147. The van der Waals surface area contributed by atoms with Gasteiger partial charge in [0.15, 0.2) is 0 Å². The molecule has 32 heavy (non-hydrogen) atoms. The third-order valence-corrected chi connectivity index (χ3v) is 7.77. The number of β-amino-alcohol motifs (C(OH)–C–C–N with tert-alkyl or cyclic N) is 1. The molecule has 2 saturated heterocycles. The van der Waals surface area contributed by atoms with Gasteiger partial charge >= 0.3 is 0 Å². The normalized spacial score (nSPS) is 27.7. The van der Waals surface area contributed by atoms with E-state index in [-0.39, 0.29) is 17.7 Å². The van der Waals surface area contributed by atoms with Gasteiger partial charge in [0.1, 0.15) is 11.4 Å². The minimum absolute atomic E-state index is 0.000989. The van der Waals surface area contributed by atoms with Crippen molar-refractivity contribution in [3.63, 3.8) is 0 Å². The van der Waals surface area contributed by atoms with Crippen LogP contribution in [0.3, 0.4) is 0 Å². The second-order valence-electron chi connectivity index (χ2n) is 9.82. The second kappa shape index (κ2) is 10.4. The van der Waals surface area contributed by atoms with Crippen LogP contribution in [0, 0.1) is 11.8 Å². The Bertz CT molecular complexity index is 769. The van der Waals surface area contributed by atoms with E-state index >= 15 is 0 Å². The number of likely N-dealkylation sites (tertiary alicyclic amines) is 2. The van der Waals surface area contributed by atoms with Crippen LogP contribution in [-0.4, -0.2) is 73.2 Å². The molecule has 4 rings (SSSR count). The Balaban J connectivity index is 1.47. The van der Waals surface area contributed by atoms with Crippen LogP contribution >= 0.6 is 0 Å². The summed E-state index contributed by atoms with van der Waals surface area (Å²) in [5.74, 6) is 1.16. The van der Waals surface area contributed by atoms with Gasteiger partial charge in [-0.1, -0.05) is 31.1 Å². The Morgan fingerprint density at radius 3 is 2.53 bits per heavy atom. The van der Waals surface area contributed by atoms with Crippen molar-refractivity contribution in [2.24, 2.45) is 11.8 Å². The highest BCUT2D eigenvalue weighted by Gasteiger charge is 2.49. The fraction of sp³-hybridized carbons (Fsp3) is 0.654. The number of piperidine rings is 1. The number of methoxy groups -OCH3 is 1. The van der Waals surface area contributed by atoms with Gasteiger partial charge in [-0.15, -0.1) is 6.58 Å². The van der Waals surface area contributed by atoms with Crippen LogP contribution in [0.5, 0.6) is 5.75 Å². The Morgan fingerprint density at radius 2 is 1.91 bits per heavy atom. The summed E-state index contributed by atoms with van der Waals surface area (Å²) in [5, 5.41) is 15.5. The van der Waals surface area contributed by atoms with Crippen molar-refractivity contribution in [2.45, 2.75) is 50.2 Å². The highest BCUT2D eigenvalue weighted by molar-refractivity contribution is 5.79. The summed E-state index contributed by atoms with van der Waals surface area (Å²) in [6.07, 6.45) is 8.39. The number of hydrogen-bond acceptors (Lipinski definition) is 5. The number of rotatable bonds is 8. The van der Waals surface area contributed by atoms with Crippen molar-refractivity contribution >= 4 is 5.91 Å². The molecular weight excluding hydrogens is 402 g/mol. The molecule has 176 valence electrons. The first-order chi connectivity index (χ1) is 15.5. The average Bonchev–Trinajstić information content (AvgIpc) is 3.47. The van der Waals surface area contributed by atoms with Gasteiger partial charge in [0.25, 0.3) is 0 Å². The predicted octanol–water partition coefficient (Wildman–Crippen LogP) is 2.77. The number of carbonyl (C=O) groups excluding carboxylic acids is 1. The van der Waals surface area contributed by atoms with E-state index in [1.165, 1.54) is 0 Å². The average molecular weight is 442 g/mol. The largest absolute Gasteiger partial charge is 0.497 e. The van der Waals surface area contributed by atoms with Gasteiger partial charge in [-0.05, 0) is 56.5 Å². The fourth-order valence-electron chi connectivity index (χ4n) is 5.80. The van der Waals surface area contributed by atoms with Crippen LogP contribution in [-0.2, 0) is 10.4 Å². The fourth-order valence-corrected chi connectivity index (χ4v) is 5.80. The molecule has 6 nitrogen and oxygen atoms in total. The maximum absolute atomic E-state index is 13.2. The van der Waals surface area contributed by atoms with Gasteiger partial charge in [0, 0.05) is 37.5 Å². The van der Waals surface area contributed by atoms with E-state index in [0.29, 0.717) is 19.1 Å². The molecule has 1 amide bonds. The summed E-state index contributed by atoms with van der Waals surface area (Å²) in [4.78, 5) is 17.6. The van der Waals surface area contributed by atoms with E-state index in [1.807, 2.05) is 35.2 Å². The summed E-state index contributed by atoms with van der Waals surface area (Å²) >= 11 is 0. The zero-order valence-corrected chi connectivity index (χ0v) is 19.5. The van der Waals surface area contributed by atoms with E-state index in [4.69, 9.17) is 4.74 Å². The summed E-state index contributed by atoms with van der Waals surface area (Å²) < 4.78 is 5.31. The predicted molar refractivity (Wildman–Crippen MR) is 127 cm³/mol. The minimum atomic E-state index is -1.03. The lowest BCUT2D eigenvalue weighted by atomic mass is 9.83.